The van der Waals surface area contributed by atoms with Crippen molar-refractivity contribution in [1.29, 1.82) is 0 Å². The van der Waals surface area contributed by atoms with Crippen LogP contribution in [0.1, 0.15) is 22.7 Å². The molecule has 0 spiro atoms. The van der Waals surface area contributed by atoms with Crippen molar-refractivity contribution in [3.05, 3.63) is 114 Å². The first kappa shape index (κ1) is 19.3. The van der Waals surface area contributed by atoms with Crippen LogP contribution in [0.3, 0.4) is 0 Å². The minimum absolute atomic E-state index is 0.342. The highest BCUT2D eigenvalue weighted by atomic mass is 31.2. The predicted octanol–water partition coefficient (Wildman–Crippen LogP) is 4.58. The van der Waals surface area contributed by atoms with Crippen molar-refractivity contribution in [3.63, 3.8) is 0 Å². The Morgan fingerprint density at radius 3 is 1.63 bits per heavy atom. The van der Waals surface area contributed by atoms with Gasteiger partial charge in [-0.05, 0) is 16.7 Å². The zero-order valence-electron chi connectivity index (χ0n) is 14.7. The molecule has 3 aromatic rings. The largest absolute Gasteiger partial charge is 0.346 e. The van der Waals surface area contributed by atoms with Crippen LogP contribution in [0.15, 0.2) is 97.1 Å². The molecular weight excluding hydrogens is 357 g/mol. The summed E-state index contributed by atoms with van der Waals surface area (Å²) in [5.41, 5.74) is 2.76. The highest BCUT2D eigenvalue weighted by Crippen LogP contribution is 2.42. The molecule has 0 aliphatic heterocycles. The molecule has 3 aromatic carbocycles. The first-order valence-corrected chi connectivity index (χ1v) is 10.4. The monoisotopic (exact) mass is 379 g/mol. The quantitative estimate of drug-likeness (QED) is 0.526. The fourth-order valence-corrected chi connectivity index (χ4v) is 3.53. The second-order valence-corrected chi connectivity index (χ2v) is 7.96. The summed E-state index contributed by atoms with van der Waals surface area (Å²) in [4.78, 5) is 19.8. The van der Waals surface area contributed by atoms with Gasteiger partial charge < -0.3 is 9.79 Å². The third kappa shape index (κ3) is 5.49. The smallest absolute Gasteiger partial charge is 0.323 e. The zero-order chi connectivity index (χ0) is 19.1. The van der Waals surface area contributed by atoms with E-state index in [-0.39, 0.29) is 6.04 Å². The second-order valence-electron chi connectivity index (χ2n) is 6.22. The lowest BCUT2D eigenvalue weighted by Gasteiger charge is -2.25. The molecule has 0 radical (unpaired) electrons. The number of rotatable bonds is 7. The zero-order valence-corrected chi connectivity index (χ0v) is 15.6. The topological polar surface area (TPSA) is 69.6 Å². The SMILES string of the molecule is O=P(O)(O)[C@H](C=Cc1ccccc1)NC(c1ccccc1)c1ccccc1. The van der Waals surface area contributed by atoms with E-state index in [9.17, 15) is 14.4 Å². The minimum Gasteiger partial charge on any atom is -0.323 e. The molecule has 0 bridgehead atoms. The molecule has 4 nitrogen and oxygen atoms in total. The lowest BCUT2D eigenvalue weighted by Crippen LogP contribution is -2.32. The standard InChI is InChI=1S/C22H22NO3P/c24-27(25,26)21(17-16-18-10-4-1-5-11-18)23-22(19-12-6-2-7-13-19)20-14-8-3-9-15-20/h1-17,21-23H,(H2,24,25,26)/t21-/m1/s1. The molecule has 3 rings (SSSR count). The van der Waals surface area contributed by atoms with Gasteiger partial charge in [0.25, 0.3) is 0 Å². The number of hydrogen-bond acceptors (Lipinski definition) is 2. The van der Waals surface area contributed by atoms with Crippen LogP contribution in [0.4, 0.5) is 0 Å². The summed E-state index contributed by atoms with van der Waals surface area (Å²) in [7, 11) is -4.41. The summed E-state index contributed by atoms with van der Waals surface area (Å²) in [6, 6.07) is 28.4. The summed E-state index contributed by atoms with van der Waals surface area (Å²) < 4.78 is 12.1. The van der Waals surface area contributed by atoms with Gasteiger partial charge in [0.15, 0.2) is 0 Å². The molecule has 138 valence electrons. The molecule has 1 atom stereocenters. The molecule has 0 saturated heterocycles. The first-order valence-electron chi connectivity index (χ1n) is 8.68. The number of hydrogen-bond donors (Lipinski definition) is 3. The van der Waals surface area contributed by atoms with Crippen LogP contribution in [-0.4, -0.2) is 15.6 Å². The Bertz CT molecular complexity index is 869. The fraction of sp³-hybridized carbons (Fsp3) is 0.0909. The third-order valence-corrected chi connectivity index (χ3v) is 5.28. The van der Waals surface area contributed by atoms with Crippen LogP contribution in [0.25, 0.3) is 6.08 Å². The van der Waals surface area contributed by atoms with E-state index in [1.807, 2.05) is 91.0 Å². The molecule has 0 heterocycles. The highest BCUT2D eigenvalue weighted by molar-refractivity contribution is 7.52. The van der Waals surface area contributed by atoms with Crippen molar-refractivity contribution in [2.24, 2.45) is 0 Å². The van der Waals surface area contributed by atoms with E-state index >= 15 is 0 Å². The molecule has 27 heavy (non-hydrogen) atoms. The van der Waals surface area contributed by atoms with Gasteiger partial charge in [-0.1, -0.05) is 103 Å². The maximum atomic E-state index is 12.1. The molecule has 0 fully saturated rings. The highest BCUT2D eigenvalue weighted by Gasteiger charge is 2.29. The summed E-state index contributed by atoms with van der Waals surface area (Å²) in [5, 5.41) is 3.15. The fourth-order valence-electron chi connectivity index (χ4n) is 2.88. The van der Waals surface area contributed by atoms with E-state index in [0.717, 1.165) is 16.7 Å². The molecule has 0 aliphatic rings. The second kappa shape index (κ2) is 8.94. The van der Waals surface area contributed by atoms with Crippen LogP contribution < -0.4 is 5.32 Å². The Balaban J connectivity index is 1.93. The molecule has 0 unspecified atom stereocenters. The number of nitrogens with one attached hydrogen (secondary N) is 1. The summed E-state index contributed by atoms with van der Waals surface area (Å²) in [5.74, 6) is -1.11. The Morgan fingerprint density at radius 1 is 0.741 bits per heavy atom. The van der Waals surface area contributed by atoms with Crippen molar-refractivity contribution >= 4 is 13.7 Å². The van der Waals surface area contributed by atoms with Gasteiger partial charge in [-0.15, -0.1) is 0 Å². The molecule has 0 aromatic heterocycles. The van der Waals surface area contributed by atoms with Crippen molar-refractivity contribution in [2.45, 2.75) is 11.8 Å². The lowest BCUT2D eigenvalue weighted by atomic mass is 9.99. The van der Waals surface area contributed by atoms with Gasteiger partial charge in [-0.2, -0.15) is 0 Å². The number of benzene rings is 3. The van der Waals surface area contributed by atoms with Gasteiger partial charge in [-0.3, -0.25) is 9.88 Å². The van der Waals surface area contributed by atoms with Crippen molar-refractivity contribution in [2.75, 3.05) is 0 Å². The average molecular weight is 379 g/mol. The van der Waals surface area contributed by atoms with Crippen molar-refractivity contribution in [3.8, 4) is 0 Å². The van der Waals surface area contributed by atoms with E-state index in [4.69, 9.17) is 0 Å². The maximum absolute atomic E-state index is 12.1. The van der Waals surface area contributed by atoms with Crippen LogP contribution in [0.2, 0.25) is 0 Å². The molecule has 0 amide bonds. The van der Waals surface area contributed by atoms with Crippen LogP contribution >= 0.6 is 7.60 Å². The molecule has 0 aliphatic carbocycles. The average Bonchev–Trinajstić information content (AvgIpc) is 2.69. The van der Waals surface area contributed by atoms with E-state index in [2.05, 4.69) is 5.32 Å². The molecule has 5 heteroatoms. The van der Waals surface area contributed by atoms with Gasteiger partial charge in [0.2, 0.25) is 0 Å². The van der Waals surface area contributed by atoms with E-state index in [1.54, 1.807) is 6.08 Å². The summed E-state index contributed by atoms with van der Waals surface area (Å²) >= 11 is 0. The van der Waals surface area contributed by atoms with Gasteiger partial charge >= 0.3 is 7.60 Å². The Hall–Kier alpha value is -2.49. The van der Waals surface area contributed by atoms with Crippen molar-refractivity contribution < 1.29 is 14.4 Å². The van der Waals surface area contributed by atoms with Gasteiger partial charge in [0.1, 0.15) is 5.78 Å². The Kier molecular flexibility index (Phi) is 6.38. The van der Waals surface area contributed by atoms with Gasteiger partial charge in [0, 0.05) is 0 Å². The van der Waals surface area contributed by atoms with Gasteiger partial charge in [0.05, 0.1) is 6.04 Å². The third-order valence-electron chi connectivity index (χ3n) is 4.24. The predicted molar refractivity (Wildman–Crippen MR) is 109 cm³/mol. The lowest BCUT2D eigenvalue weighted by molar-refractivity contribution is 0.353. The van der Waals surface area contributed by atoms with Crippen LogP contribution in [0, 0.1) is 0 Å². The first-order chi connectivity index (χ1) is 13.0. The van der Waals surface area contributed by atoms with Crippen LogP contribution in [-0.2, 0) is 4.57 Å². The van der Waals surface area contributed by atoms with E-state index in [1.165, 1.54) is 6.08 Å². The van der Waals surface area contributed by atoms with E-state index < -0.39 is 13.4 Å². The molecule has 0 saturated carbocycles. The summed E-state index contributed by atoms with van der Waals surface area (Å²) in [6.45, 7) is 0. The van der Waals surface area contributed by atoms with Gasteiger partial charge in [-0.25, -0.2) is 0 Å². The molecular formula is C22H22NO3P. The summed E-state index contributed by atoms with van der Waals surface area (Å²) in [6.07, 6.45) is 3.26. The Labute approximate surface area is 159 Å². The molecule has 3 N–H and O–H groups in total. The van der Waals surface area contributed by atoms with E-state index in [0.29, 0.717) is 0 Å². The maximum Gasteiger partial charge on any atom is 0.346 e. The van der Waals surface area contributed by atoms with Crippen molar-refractivity contribution in [1.82, 2.24) is 5.32 Å². The van der Waals surface area contributed by atoms with Crippen LogP contribution in [0.5, 0.6) is 0 Å². The Morgan fingerprint density at radius 2 is 1.19 bits per heavy atom. The normalized spacial score (nSPS) is 13.1. The minimum atomic E-state index is -4.41.